The zero-order chi connectivity index (χ0) is 15.0. The summed E-state index contributed by atoms with van der Waals surface area (Å²) in [5.41, 5.74) is 5.68. The number of halogens is 2. The summed E-state index contributed by atoms with van der Waals surface area (Å²) in [5.74, 6) is 0. The van der Waals surface area contributed by atoms with Crippen LogP contribution in [0.2, 0.25) is 0 Å². The van der Waals surface area contributed by atoms with Crippen molar-refractivity contribution in [1.82, 2.24) is 9.13 Å². The predicted octanol–water partition coefficient (Wildman–Crippen LogP) is 1.96. The first-order valence-corrected chi connectivity index (χ1v) is 7.29. The van der Waals surface area contributed by atoms with E-state index < -0.39 is 12.4 Å². The fourth-order valence-electron chi connectivity index (χ4n) is 2.34. The number of hydrogen-bond donors (Lipinski definition) is 1. The zero-order valence-corrected chi connectivity index (χ0v) is 13.8. The highest BCUT2D eigenvalue weighted by atomic mass is 35.5. The third kappa shape index (κ3) is 2.77. The highest BCUT2D eigenvalue weighted by Gasteiger charge is 2.20. The summed E-state index contributed by atoms with van der Waals surface area (Å²) in [6.45, 7) is 4.94. The number of aryl methyl sites for hydroxylation is 2. The Morgan fingerprint density at radius 1 is 1.33 bits per heavy atom. The van der Waals surface area contributed by atoms with E-state index >= 15 is 0 Å². The largest absolute Gasteiger partial charge is 0.332 e. The first kappa shape index (κ1) is 17.9. The van der Waals surface area contributed by atoms with Crippen LogP contribution in [0.25, 0.3) is 10.2 Å². The van der Waals surface area contributed by atoms with Gasteiger partial charge in [-0.05, 0) is 26.3 Å². The molecule has 0 aliphatic carbocycles. The lowest BCUT2D eigenvalue weighted by Crippen LogP contribution is -2.41. The number of hydrogen-bond acceptors (Lipinski definition) is 4. The van der Waals surface area contributed by atoms with Crippen LogP contribution in [0.5, 0.6) is 0 Å². The molecule has 0 radical (unpaired) electrons. The Hall–Kier alpha value is -1.18. The third-order valence-electron chi connectivity index (χ3n) is 3.35. The van der Waals surface area contributed by atoms with Gasteiger partial charge in [0.05, 0.1) is 11.9 Å². The predicted molar refractivity (Wildman–Crippen MR) is 86.6 cm³/mol. The molecule has 0 aromatic carbocycles. The highest BCUT2D eigenvalue weighted by molar-refractivity contribution is 7.18. The molecule has 2 heterocycles. The van der Waals surface area contributed by atoms with Crippen LogP contribution in [-0.4, -0.2) is 15.8 Å². The fraction of sp³-hybridized carbons (Fsp3) is 0.538. The van der Waals surface area contributed by atoms with Crippen molar-refractivity contribution in [3.8, 4) is 0 Å². The molecule has 2 rings (SSSR count). The second-order valence-electron chi connectivity index (χ2n) is 4.93. The van der Waals surface area contributed by atoms with Crippen molar-refractivity contribution in [3.05, 3.63) is 31.3 Å². The minimum Gasteiger partial charge on any atom is -0.326 e. The second-order valence-corrected chi connectivity index (χ2v) is 6.01. The average molecular weight is 336 g/mol. The first-order valence-electron chi connectivity index (χ1n) is 6.47. The molecule has 2 N–H and O–H groups in total. The van der Waals surface area contributed by atoms with Gasteiger partial charge in [0.2, 0.25) is 0 Å². The Labute approximate surface area is 131 Å². The molecule has 2 aromatic heterocycles. The molecule has 118 valence electrons. The number of aromatic nitrogens is 2. The Morgan fingerprint density at radius 3 is 2.43 bits per heavy atom. The maximum Gasteiger partial charge on any atom is 0.332 e. The van der Waals surface area contributed by atoms with E-state index in [4.69, 9.17) is 5.73 Å². The van der Waals surface area contributed by atoms with E-state index in [9.17, 15) is 14.0 Å². The summed E-state index contributed by atoms with van der Waals surface area (Å²) in [7, 11) is 0. The van der Waals surface area contributed by atoms with Gasteiger partial charge in [0, 0.05) is 17.5 Å². The molecule has 0 aliphatic rings. The molecule has 0 fully saturated rings. The normalized spacial score (nSPS) is 11.1. The summed E-state index contributed by atoms with van der Waals surface area (Å²) < 4.78 is 15.3. The van der Waals surface area contributed by atoms with Crippen LogP contribution in [-0.2, 0) is 13.1 Å². The third-order valence-corrected chi connectivity index (χ3v) is 4.69. The molecule has 5 nitrogen and oxygen atoms in total. The molecule has 0 saturated carbocycles. The van der Waals surface area contributed by atoms with Crippen LogP contribution in [0.1, 0.15) is 30.3 Å². The van der Waals surface area contributed by atoms with Crippen LogP contribution in [0, 0.1) is 6.92 Å². The van der Waals surface area contributed by atoms with E-state index in [0.29, 0.717) is 16.8 Å². The van der Waals surface area contributed by atoms with E-state index in [1.165, 1.54) is 20.5 Å². The molecule has 0 bridgehead atoms. The average Bonchev–Trinajstić information content (AvgIpc) is 2.71. The Morgan fingerprint density at radius 2 is 1.95 bits per heavy atom. The van der Waals surface area contributed by atoms with Gasteiger partial charge < -0.3 is 5.73 Å². The smallest absolute Gasteiger partial charge is 0.326 e. The van der Waals surface area contributed by atoms with E-state index in [1.807, 2.05) is 6.92 Å². The van der Waals surface area contributed by atoms with Crippen molar-refractivity contribution in [1.29, 1.82) is 0 Å². The number of nitrogens with zero attached hydrogens (tertiary/aromatic N) is 2. The lowest BCUT2D eigenvalue weighted by Gasteiger charge is -2.13. The van der Waals surface area contributed by atoms with Crippen molar-refractivity contribution in [3.63, 3.8) is 0 Å². The maximum atomic E-state index is 12.7. The van der Waals surface area contributed by atoms with Gasteiger partial charge in [0.15, 0.2) is 0 Å². The van der Waals surface area contributed by atoms with Gasteiger partial charge in [-0.1, -0.05) is 0 Å². The maximum absolute atomic E-state index is 12.7. The van der Waals surface area contributed by atoms with Gasteiger partial charge in [0.1, 0.15) is 11.5 Å². The first-order chi connectivity index (χ1) is 9.43. The summed E-state index contributed by atoms with van der Waals surface area (Å²) in [4.78, 5) is 26.3. The van der Waals surface area contributed by atoms with E-state index in [1.54, 1.807) is 13.8 Å². The van der Waals surface area contributed by atoms with Gasteiger partial charge in [-0.2, -0.15) is 0 Å². The topological polar surface area (TPSA) is 70.0 Å². The van der Waals surface area contributed by atoms with Crippen LogP contribution >= 0.6 is 23.7 Å². The molecular formula is C13H19ClFN3O2S. The van der Waals surface area contributed by atoms with Gasteiger partial charge in [0.25, 0.3) is 5.56 Å². The quantitative estimate of drug-likeness (QED) is 0.928. The van der Waals surface area contributed by atoms with Crippen molar-refractivity contribution in [2.24, 2.45) is 5.73 Å². The van der Waals surface area contributed by atoms with Crippen molar-refractivity contribution in [2.75, 3.05) is 6.67 Å². The number of thiophene rings is 1. The Bertz CT molecular complexity index is 763. The molecule has 0 saturated heterocycles. The van der Waals surface area contributed by atoms with Crippen LogP contribution in [0.15, 0.2) is 9.59 Å². The molecule has 21 heavy (non-hydrogen) atoms. The van der Waals surface area contributed by atoms with Crippen molar-refractivity contribution < 1.29 is 4.39 Å². The minimum atomic E-state index is -0.653. The Balaban J connectivity index is 0.00000220. The monoisotopic (exact) mass is 335 g/mol. The molecule has 2 aromatic rings. The van der Waals surface area contributed by atoms with Gasteiger partial charge in [-0.15, -0.1) is 23.7 Å². The van der Waals surface area contributed by atoms with Crippen LogP contribution in [0.3, 0.4) is 0 Å². The molecule has 8 heteroatoms. The van der Waals surface area contributed by atoms with Crippen LogP contribution in [0.4, 0.5) is 4.39 Å². The number of fused-ring (bicyclic) bond motifs is 1. The highest BCUT2D eigenvalue weighted by Crippen LogP contribution is 2.27. The van der Waals surface area contributed by atoms with E-state index in [0.717, 1.165) is 10.4 Å². The zero-order valence-electron chi connectivity index (χ0n) is 12.2. The molecule has 0 unspecified atom stereocenters. The number of rotatable bonds is 4. The molecule has 0 aliphatic heterocycles. The Kier molecular flexibility index (Phi) is 5.72. The summed E-state index contributed by atoms with van der Waals surface area (Å²) in [6, 6.07) is -0.272. The van der Waals surface area contributed by atoms with Crippen molar-refractivity contribution in [2.45, 2.75) is 39.9 Å². The summed E-state index contributed by atoms with van der Waals surface area (Å²) in [6.07, 6.45) is 0. The molecular weight excluding hydrogens is 317 g/mol. The van der Waals surface area contributed by atoms with E-state index in [-0.39, 0.29) is 30.6 Å². The number of nitrogens with two attached hydrogens (primary N) is 1. The molecule has 0 spiro atoms. The summed E-state index contributed by atoms with van der Waals surface area (Å²) in [5, 5.41) is 0.484. The fourth-order valence-corrected chi connectivity index (χ4v) is 3.54. The van der Waals surface area contributed by atoms with Crippen LogP contribution < -0.4 is 17.0 Å². The minimum absolute atomic E-state index is 0. The van der Waals surface area contributed by atoms with Gasteiger partial charge in [-0.25, -0.2) is 9.18 Å². The molecule has 0 amide bonds. The lowest BCUT2D eigenvalue weighted by molar-refractivity contribution is 0.429. The van der Waals surface area contributed by atoms with E-state index in [2.05, 4.69) is 0 Å². The molecule has 0 atom stereocenters. The second kappa shape index (κ2) is 6.72. The number of alkyl halides is 1. The van der Waals surface area contributed by atoms with Crippen molar-refractivity contribution >= 4 is 34.0 Å². The standard InChI is InChI=1S/C13H18FN3O2S.ClH/c1-7(2)17-11(18)10-8(3)9(6-15)20-12(10)16(5-4-14)13(17)19;/h7H,4-6,15H2,1-3H3;1H. The summed E-state index contributed by atoms with van der Waals surface area (Å²) >= 11 is 1.30. The van der Waals surface area contributed by atoms with Gasteiger partial charge in [-0.3, -0.25) is 13.9 Å². The van der Waals surface area contributed by atoms with Gasteiger partial charge >= 0.3 is 5.69 Å². The lowest BCUT2D eigenvalue weighted by atomic mass is 10.2. The SMILES string of the molecule is Cc1c(CN)sc2c1c(=O)n(C(C)C)c(=O)n2CCF.Cl.